The van der Waals surface area contributed by atoms with Gasteiger partial charge in [0.1, 0.15) is 11.6 Å². The van der Waals surface area contributed by atoms with E-state index in [1.807, 2.05) is 24.3 Å². The van der Waals surface area contributed by atoms with E-state index in [1.165, 1.54) is 19.1 Å². The largest absolute Gasteiger partial charge is 0.497 e. The second-order valence-corrected chi connectivity index (χ2v) is 6.43. The summed E-state index contributed by atoms with van der Waals surface area (Å²) in [5.74, 6) is -0.894. The highest BCUT2D eigenvalue weighted by Crippen LogP contribution is 2.32. The number of esters is 1. The molecule has 2 aromatic carbocycles. The first-order valence-electron chi connectivity index (χ1n) is 8.82. The van der Waals surface area contributed by atoms with Crippen LogP contribution in [-0.2, 0) is 20.7 Å². The molecule has 1 unspecified atom stereocenters. The minimum atomic E-state index is -0.992. The molecule has 6 nitrogen and oxygen atoms in total. The number of aromatic nitrogens is 1. The van der Waals surface area contributed by atoms with Crippen molar-refractivity contribution in [2.24, 2.45) is 5.73 Å². The molecule has 146 valence electrons. The van der Waals surface area contributed by atoms with Crippen LogP contribution in [0.25, 0.3) is 22.2 Å². The van der Waals surface area contributed by atoms with Gasteiger partial charge < -0.3 is 20.2 Å². The van der Waals surface area contributed by atoms with E-state index in [-0.39, 0.29) is 12.2 Å². The van der Waals surface area contributed by atoms with Gasteiger partial charge in [0.15, 0.2) is 6.10 Å². The molecule has 1 atom stereocenters. The van der Waals surface area contributed by atoms with Crippen molar-refractivity contribution in [3.63, 3.8) is 0 Å². The number of fused-ring (bicyclic) bond motifs is 1. The maximum Gasteiger partial charge on any atom is 0.306 e. The second kappa shape index (κ2) is 8.12. The fourth-order valence-corrected chi connectivity index (χ4v) is 3.02. The van der Waals surface area contributed by atoms with Crippen molar-refractivity contribution >= 4 is 22.8 Å². The third-order valence-electron chi connectivity index (χ3n) is 4.53. The molecule has 0 aliphatic heterocycles. The Morgan fingerprint density at radius 1 is 1.18 bits per heavy atom. The predicted molar refractivity (Wildman–Crippen MR) is 103 cm³/mol. The van der Waals surface area contributed by atoms with Gasteiger partial charge in [-0.15, -0.1) is 0 Å². The molecule has 1 aromatic heterocycles. The number of hydrogen-bond donors (Lipinski definition) is 2. The van der Waals surface area contributed by atoms with Crippen LogP contribution in [0.4, 0.5) is 4.39 Å². The molecule has 3 N–H and O–H groups in total. The number of methoxy groups -OCH3 is 1. The molecule has 1 amide bonds. The average Bonchev–Trinajstić information content (AvgIpc) is 3.04. The van der Waals surface area contributed by atoms with Gasteiger partial charge >= 0.3 is 5.97 Å². The van der Waals surface area contributed by atoms with E-state index in [0.717, 1.165) is 28.1 Å². The normalized spacial score (nSPS) is 12.0. The van der Waals surface area contributed by atoms with Gasteiger partial charge in [-0.25, -0.2) is 4.39 Å². The number of aromatic amines is 1. The number of nitrogens with one attached hydrogen (secondary N) is 1. The molecule has 0 bridgehead atoms. The van der Waals surface area contributed by atoms with Crippen molar-refractivity contribution < 1.29 is 23.5 Å². The Kier molecular flexibility index (Phi) is 5.63. The third kappa shape index (κ3) is 4.14. The maximum absolute atomic E-state index is 13.8. The smallest absolute Gasteiger partial charge is 0.306 e. The summed E-state index contributed by atoms with van der Waals surface area (Å²) < 4.78 is 24.0. The first-order valence-corrected chi connectivity index (χ1v) is 8.82. The number of aryl methyl sites for hydroxylation is 1. The summed E-state index contributed by atoms with van der Waals surface area (Å²) in [5, 5.41) is 0.696. The predicted octanol–water partition coefficient (Wildman–Crippen LogP) is 3.33. The number of amides is 1. The Morgan fingerprint density at radius 3 is 2.54 bits per heavy atom. The molecule has 3 rings (SSSR count). The molecule has 0 aliphatic carbocycles. The van der Waals surface area contributed by atoms with Crippen molar-refractivity contribution in [2.75, 3.05) is 7.11 Å². The Labute approximate surface area is 161 Å². The Morgan fingerprint density at radius 2 is 1.89 bits per heavy atom. The summed E-state index contributed by atoms with van der Waals surface area (Å²) in [6.45, 7) is 1.42. The Balaban J connectivity index is 1.93. The Bertz CT molecular complexity index is 1010. The lowest BCUT2D eigenvalue weighted by molar-refractivity contribution is -0.153. The summed E-state index contributed by atoms with van der Waals surface area (Å²) in [6, 6.07) is 11.9. The van der Waals surface area contributed by atoms with Crippen LogP contribution in [-0.4, -0.2) is 30.1 Å². The van der Waals surface area contributed by atoms with Crippen LogP contribution < -0.4 is 10.5 Å². The zero-order chi connectivity index (χ0) is 20.3. The van der Waals surface area contributed by atoms with Crippen molar-refractivity contribution in [3.05, 3.63) is 53.8 Å². The van der Waals surface area contributed by atoms with Crippen LogP contribution in [0.15, 0.2) is 42.5 Å². The highest BCUT2D eigenvalue weighted by Gasteiger charge is 2.18. The van der Waals surface area contributed by atoms with E-state index in [0.29, 0.717) is 11.8 Å². The molecule has 0 aliphatic rings. The zero-order valence-corrected chi connectivity index (χ0v) is 15.6. The lowest BCUT2D eigenvalue weighted by atomic mass is 10.0. The van der Waals surface area contributed by atoms with Crippen LogP contribution in [0, 0.1) is 5.82 Å². The van der Waals surface area contributed by atoms with Gasteiger partial charge in [-0.3, -0.25) is 9.59 Å². The number of rotatable bonds is 7. The zero-order valence-electron chi connectivity index (χ0n) is 15.6. The number of nitrogens with two attached hydrogens (primary N) is 1. The van der Waals surface area contributed by atoms with Gasteiger partial charge in [0.25, 0.3) is 5.91 Å². The number of benzene rings is 2. The number of carbonyl (C=O) groups is 2. The first-order chi connectivity index (χ1) is 13.4. The SMILES string of the molecule is COc1ccc(-c2[nH]c3ccc(F)cc3c2CCC(=O)OC(C)C(N)=O)cc1. The minimum Gasteiger partial charge on any atom is -0.497 e. The van der Waals surface area contributed by atoms with E-state index in [4.69, 9.17) is 15.2 Å². The van der Waals surface area contributed by atoms with Gasteiger partial charge in [0.2, 0.25) is 0 Å². The molecule has 3 aromatic rings. The van der Waals surface area contributed by atoms with Crippen LogP contribution in [0.3, 0.4) is 0 Å². The summed E-state index contributed by atoms with van der Waals surface area (Å²) in [5.41, 5.74) is 8.35. The monoisotopic (exact) mass is 384 g/mol. The van der Waals surface area contributed by atoms with Crippen LogP contribution in [0.5, 0.6) is 5.75 Å². The lowest BCUT2D eigenvalue weighted by Crippen LogP contribution is -2.30. The van der Waals surface area contributed by atoms with Gasteiger partial charge in [-0.1, -0.05) is 0 Å². The van der Waals surface area contributed by atoms with E-state index >= 15 is 0 Å². The van der Waals surface area contributed by atoms with E-state index in [2.05, 4.69) is 4.98 Å². The molecule has 0 spiro atoms. The van der Waals surface area contributed by atoms with Crippen molar-refractivity contribution in [1.82, 2.24) is 4.98 Å². The topological polar surface area (TPSA) is 94.4 Å². The van der Waals surface area contributed by atoms with Crippen molar-refractivity contribution in [1.29, 1.82) is 0 Å². The number of hydrogen-bond acceptors (Lipinski definition) is 4. The standard InChI is InChI=1S/C21H21FN2O4/c1-12(21(23)26)28-19(25)10-8-16-17-11-14(22)5-9-18(17)24-20(16)13-3-6-15(27-2)7-4-13/h3-7,9,11-12,24H,8,10H2,1-2H3,(H2,23,26). The summed E-state index contributed by atoms with van der Waals surface area (Å²) >= 11 is 0. The molecule has 1 heterocycles. The molecule has 0 fully saturated rings. The third-order valence-corrected chi connectivity index (χ3v) is 4.53. The highest BCUT2D eigenvalue weighted by atomic mass is 19.1. The molecule has 0 saturated carbocycles. The summed E-state index contributed by atoms with van der Waals surface area (Å²) in [4.78, 5) is 26.4. The number of carbonyl (C=O) groups excluding carboxylic acids is 2. The molecule has 28 heavy (non-hydrogen) atoms. The van der Waals surface area contributed by atoms with Crippen molar-refractivity contribution in [3.8, 4) is 17.0 Å². The molecule has 0 radical (unpaired) electrons. The van der Waals surface area contributed by atoms with Gasteiger partial charge in [0, 0.05) is 23.0 Å². The van der Waals surface area contributed by atoms with E-state index in [9.17, 15) is 14.0 Å². The number of primary amides is 1. The highest BCUT2D eigenvalue weighted by molar-refractivity contribution is 5.91. The fraction of sp³-hybridized carbons (Fsp3) is 0.238. The molecule has 0 saturated heterocycles. The average molecular weight is 384 g/mol. The summed E-state index contributed by atoms with van der Waals surface area (Å²) in [6.07, 6.45) is -0.645. The van der Waals surface area contributed by atoms with Gasteiger partial charge in [-0.2, -0.15) is 0 Å². The van der Waals surface area contributed by atoms with E-state index < -0.39 is 18.0 Å². The number of ether oxygens (including phenoxy) is 2. The van der Waals surface area contributed by atoms with Gasteiger partial charge in [-0.05, 0) is 66.9 Å². The van der Waals surface area contributed by atoms with Crippen LogP contribution >= 0.6 is 0 Å². The quantitative estimate of drug-likeness (QED) is 0.611. The van der Waals surface area contributed by atoms with Crippen LogP contribution in [0.2, 0.25) is 0 Å². The van der Waals surface area contributed by atoms with Crippen molar-refractivity contribution in [2.45, 2.75) is 25.9 Å². The van der Waals surface area contributed by atoms with Gasteiger partial charge in [0.05, 0.1) is 7.11 Å². The van der Waals surface area contributed by atoms with Crippen LogP contribution in [0.1, 0.15) is 18.9 Å². The Hall–Kier alpha value is -3.35. The number of H-pyrrole nitrogens is 1. The minimum absolute atomic E-state index is 0.0320. The molecular weight excluding hydrogens is 363 g/mol. The molecular formula is C21H21FN2O4. The lowest BCUT2D eigenvalue weighted by Gasteiger charge is -2.10. The second-order valence-electron chi connectivity index (χ2n) is 6.43. The first kappa shape index (κ1) is 19.4. The summed E-state index contributed by atoms with van der Waals surface area (Å²) in [7, 11) is 1.59. The fourth-order valence-electron chi connectivity index (χ4n) is 3.02. The maximum atomic E-state index is 13.8. The van der Waals surface area contributed by atoms with E-state index in [1.54, 1.807) is 13.2 Å². The molecule has 7 heteroatoms. The number of halogens is 1.